The van der Waals surface area contributed by atoms with Crippen LogP contribution in [0.2, 0.25) is 0 Å². The molecule has 0 spiro atoms. The van der Waals surface area contributed by atoms with E-state index in [1.54, 1.807) is 0 Å². The summed E-state index contributed by atoms with van der Waals surface area (Å²) < 4.78 is 11.0. The summed E-state index contributed by atoms with van der Waals surface area (Å²) in [5.41, 5.74) is 0. The van der Waals surface area contributed by atoms with Crippen molar-refractivity contribution in [1.29, 1.82) is 0 Å². The Balaban J connectivity index is 2.40. The second-order valence-corrected chi connectivity index (χ2v) is 13.8. The van der Waals surface area contributed by atoms with Crippen molar-refractivity contribution in [3.8, 4) is 0 Å². The maximum atomic E-state index is 13.1. The van der Waals surface area contributed by atoms with Crippen molar-refractivity contribution in [3.05, 3.63) is 0 Å². The largest absolute Gasteiger partial charge is 0.481 e. The van der Waals surface area contributed by atoms with Crippen molar-refractivity contribution in [3.63, 3.8) is 0 Å². The zero-order chi connectivity index (χ0) is 36.1. The van der Waals surface area contributed by atoms with Crippen molar-refractivity contribution in [2.45, 2.75) is 198 Å². The van der Waals surface area contributed by atoms with E-state index in [-0.39, 0.29) is 25.4 Å². The number of rotatable bonds is 32. The molecule has 1 saturated heterocycles. The van der Waals surface area contributed by atoms with Crippen molar-refractivity contribution in [2.75, 3.05) is 19.8 Å². The average molecular weight is 703 g/mol. The van der Waals surface area contributed by atoms with Gasteiger partial charge in [-0.2, -0.15) is 0 Å². The lowest BCUT2D eigenvalue weighted by molar-refractivity contribution is -0.301. The van der Waals surface area contributed by atoms with Gasteiger partial charge < -0.3 is 45.6 Å². The number of hydrogen-bond donors (Lipinski definition) is 7. The van der Waals surface area contributed by atoms with Gasteiger partial charge in [-0.1, -0.05) is 129 Å². The van der Waals surface area contributed by atoms with Crippen molar-refractivity contribution in [1.82, 2.24) is 10.6 Å². The summed E-state index contributed by atoms with van der Waals surface area (Å²) in [6.07, 6.45) is 17.6. The molecule has 1 fully saturated rings. The quantitative estimate of drug-likeness (QED) is 0.0476. The number of amides is 2. The lowest BCUT2D eigenvalue weighted by Gasteiger charge is -2.39. The predicted octanol–water partition coefficient (Wildman–Crippen LogP) is 4.87. The summed E-state index contributed by atoms with van der Waals surface area (Å²) in [6, 6.07) is -1.05. The van der Waals surface area contributed by atoms with Gasteiger partial charge in [-0.05, 0) is 19.3 Å². The van der Waals surface area contributed by atoms with E-state index >= 15 is 0 Å². The third kappa shape index (κ3) is 22.6. The van der Waals surface area contributed by atoms with Crippen LogP contribution in [0.15, 0.2) is 0 Å². The van der Waals surface area contributed by atoms with Crippen LogP contribution in [-0.2, 0) is 23.9 Å². The molecule has 1 aliphatic heterocycles. The van der Waals surface area contributed by atoms with Crippen LogP contribution in [0.1, 0.15) is 161 Å². The number of unbranched alkanes of at least 4 members (excludes halogenated alkanes) is 20. The fourth-order valence-electron chi connectivity index (χ4n) is 6.12. The molecule has 1 heterocycles. The van der Waals surface area contributed by atoms with E-state index in [1.165, 1.54) is 57.8 Å². The normalized spacial score (nSPS) is 21.4. The monoisotopic (exact) mass is 703 g/mol. The lowest BCUT2D eigenvalue weighted by atomic mass is 9.99. The summed E-state index contributed by atoms with van der Waals surface area (Å²) in [5.74, 6) is -1.44. The SMILES string of the molecule is CCCCCCCCCCCCCCCC(=O)N[C@@H](CO[C@@H]1O[C@H](CO)[C@H](O)[C@H](O)[C@H]1O)C(=O)NCCCCCCCCCCCC(=O)O. The number of nitrogens with one attached hydrogen (secondary N) is 2. The molecule has 12 nitrogen and oxygen atoms in total. The van der Waals surface area contributed by atoms with Crippen LogP contribution >= 0.6 is 0 Å². The number of aliphatic hydroxyl groups excluding tert-OH is 4. The first-order valence-corrected chi connectivity index (χ1v) is 19.4. The first-order chi connectivity index (χ1) is 23.7. The van der Waals surface area contributed by atoms with Crippen LogP contribution in [-0.4, -0.2) is 99.8 Å². The van der Waals surface area contributed by atoms with Crippen molar-refractivity contribution in [2.24, 2.45) is 0 Å². The fraction of sp³-hybridized carbons (Fsp3) is 0.919. The number of hydrogen-bond acceptors (Lipinski definition) is 9. The summed E-state index contributed by atoms with van der Waals surface area (Å²) in [6.45, 7) is 1.74. The first-order valence-electron chi connectivity index (χ1n) is 19.4. The highest BCUT2D eigenvalue weighted by molar-refractivity contribution is 5.87. The number of aliphatic hydroxyl groups is 4. The van der Waals surface area contributed by atoms with E-state index < -0.39 is 55.2 Å². The van der Waals surface area contributed by atoms with Gasteiger partial charge in [0.2, 0.25) is 11.8 Å². The van der Waals surface area contributed by atoms with E-state index in [2.05, 4.69) is 17.6 Å². The molecular formula is C37H70N2O10. The summed E-state index contributed by atoms with van der Waals surface area (Å²) in [5, 5.41) is 54.2. The first kappa shape index (κ1) is 45.2. The molecule has 2 amide bonds. The topological polar surface area (TPSA) is 195 Å². The Kier molecular flexibility index (Phi) is 27.5. The number of carbonyl (C=O) groups is 3. The predicted molar refractivity (Wildman–Crippen MR) is 189 cm³/mol. The van der Waals surface area contributed by atoms with E-state index in [1.807, 2.05) is 0 Å². The minimum atomic E-state index is -1.61. The number of aliphatic carboxylic acids is 1. The molecule has 1 aliphatic rings. The molecule has 0 unspecified atom stereocenters. The Hall–Kier alpha value is -1.83. The Morgan fingerprint density at radius 2 is 1.12 bits per heavy atom. The maximum absolute atomic E-state index is 13.1. The summed E-state index contributed by atoms with van der Waals surface area (Å²) in [7, 11) is 0. The highest BCUT2D eigenvalue weighted by atomic mass is 16.7. The zero-order valence-electron chi connectivity index (χ0n) is 30.3. The van der Waals surface area contributed by atoms with Gasteiger partial charge in [0, 0.05) is 19.4 Å². The Bertz CT molecular complexity index is 846. The molecule has 7 N–H and O–H groups in total. The lowest BCUT2D eigenvalue weighted by Crippen LogP contribution is -2.60. The molecule has 0 aliphatic carbocycles. The van der Waals surface area contributed by atoms with Gasteiger partial charge in [0.1, 0.15) is 30.5 Å². The average Bonchev–Trinajstić information content (AvgIpc) is 3.08. The molecular weight excluding hydrogens is 632 g/mol. The zero-order valence-corrected chi connectivity index (χ0v) is 30.3. The Labute approximate surface area is 295 Å². The summed E-state index contributed by atoms with van der Waals surface area (Å²) in [4.78, 5) is 36.5. The number of ether oxygens (including phenoxy) is 2. The van der Waals surface area contributed by atoms with Gasteiger partial charge in [-0.25, -0.2) is 0 Å². The molecule has 0 radical (unpaired) electrons. The summed E-state index contributed by atoms with van der Waals surface area (Å²) >= 11 is 0. The molecule has 0 aromatic rings. The molecule has 0 saturated carbocycles. The minimum Gasteiger partial charge on any atom is -0.481 e. The van der Waals surface area contributed by atoms with Gasteiger partial charge in [0.25, 0.3) is 0 Å². The van der Waals surface area contributed by atoms with Crippen LogP contribution in [0.5, 0.6) is 0 Å². The van der Waals surface area contributed by atoms with Crippen LogP contribution in [0.4, 0.5) is 0 Å². The number of carbonyl (C=O) groups excluding carboxylic acids is 2. The Morgan fingerprint density at radius 1 is 0.653 bits per heavy atom. The van der Waals surface area contributed by atoms with Crippen molar-refractivity contribution >= 4 is 17.8 Å². The smallest absolute Gasteiger partial charge is 0.303 e. The highest BCUT2D eigenvalue weighted by Crippen LogP contribution is 2.22. The van der Waals surface area contributed by atoms with Gasteiger partial charge in [0.05, 0.1) is 13.2 Å². The third-order valence-electron chi connectivity index (χ3n) is 9.30. The van der Waals surface area contributed by atoms with Gasteiger partial charge in [-0.15, -0.1) is 0 Å². The van der Waals surface area contributed by atoms with Gasteiger partial charge >= 0.3 is 5.97 Å². The molecule has 6 atom stereocenters. The van der Waals surface area contributed by atoms with Crippen LogP contribution in [0, 0.1) is 0 Å². The van der Waals surface area contributed by atoms with E-state index in [4.69, 9.17) is 14.6 Å². The molecule has 12 heteroatoms. The molecule has 0 aromatic heterocycles. The number of carboxylic acids is 1. The van der Waals surface area contributed by atoms with Gasteiger partial charge in [-0.3, -0.25) is 14.4 Å². The highest BCUT2D eigenvalue weighted by Gasteiger charge is 2.44. The second-order valence-electron chi connectivity index (χ2n) is 13.8. The molecule has 0 bridgehead atoms. The van der Waals surface area contributed by atoms with Crippen molar-refractivity contribution < 1.29 is 49.4 Å². The molecule has 1 rings (SSSR count). The van der Waals surface area contributed by atoms with E-state index in [9.17, 15) is 34.8 Å². The Morgan fingerprint density at radius 3 is 1.61 bits per heavy atom. The molecule has 288 valence electrons. The van der Waals surface area contributed by atoms with Crippen LogP contribution in [0.25, 0.3) is 0 Å². The number of carboxylic acid groups (broad SMARTS) is 1. The molecule has 0 aromatic carbocycles. The van der Waals surface area contributed by atoms with Crippen LogP contribution < -0.4 is 10.6 Å². The fourth-order valence-corrected chi connectivity index (χ4v) is 6.12. The molecule has 49 heavy (non-hydrogen) atoms. The minimum absolute atomic E-state index is 0.232. The third-order valence-corrected chi connectivity index (χ3v) is 9.30. The maximum Gasteiger partial charge on any atom is 0.303 e. The van der Waals surface area contributed by atoms with Gasteiger partial charge in [0.15, 0.2) is 6.29 Å². The van der Waals surface area contributed by atoms with Crippen LogP contribution in [0.3, 0.4) is 0 Å². The second kappa shape index (κ2) is 29.9. The van der Waals surface area contributed by atoms with E-state index in [0.717, 1.165) is 77.0 Å². The van der Waals surface area contributed by atoms with E-state index in [0.29, 0.717) is 13.0 Å². The standard InChI is InChI=1S/C37H70N2O10/c1-2-3-4-5-6-7-8-9-10-12-15-18-21-24-31(41)39-29(28-48-37-35(46)34(45)33(44)30(27-40)49-37)36(47)38-26-23-20-17-14-11-13-16-19-22-25-32(42)43/h29-30,33-35,37,40,44-46H,2-28H2,1H3,(H,38,47)(H,39,41)(H,42,43)/t29-,30+,33-,34-,35+,37+/m0/s1.